The van der Waals surface area contributed by atoms with Crippen molar-refractivity contribution < 1.29 is 4.92 Å². The summed E-state index contributed by atoms with van der Waals surface area (Å²) in [4.78, 5) is 10.8. The van der Waals surface area contributed by atoms with Gasteiger partial charge < -0.3 is 5.32 Å². The molecule has 1 saturated carbocycles. The molecule has 1 aliphatic heterocycles. The molecule has 86 valence electrons. The SMILES string of the molecule is CC(C)C1CNC(C2CC2)C([N+](=O)[O-])N1. The standard InChI is InChI=1S/C10H19N3O2/c1-6(2)8-5-11-9(7-3-4-7)10(12-8)13(14)15/h6-12H,3-5H2,1-2H3. The van der Waals surface area contributed by atoms with E-state index in [1.807, 2.05) is 0 Å². The Labute approximate surface area is 89.8 Å². The highest BCUT2D eigenvalue weighted by molar-refractivity contribution is 4.96. The maximum Gasteiger partial charge on any atom is 0.281 e. The van der Waals surface area contributed by atoms with Gasteiger partial charge in [-0.15, -0.1) is 0 Å². The quantitative estimate of drug-likeness (QED) is 0.532. The lowest BCUT2D eigenvalue weighted by molar-refractivity contribution is -0.538. The first kappa shape index (κ1) is 10.8. The van der Waals surface area contributed by atoms with E-state index in [9.17, 15) is 10.1 Å². The molecule has 3 atom stereocenters. The Hall–Kier alpha value is -0.680. The fraction of sp³-hybridized carbons (Fsp3) is 1.00. The molecule has 3 unspecified atom stereocenters. The average Bonchev–Trinajstić information content (AvgIpc) is 2.99. The second kappa shape index (κ2) is 4.06. The number of nitro groups is 1. The fourth-order valence-corrected chi connectivity index (χ4v) is 2.26. The van der Waals surface area contributed by atoms with E-state index in [0.717, 1.165) is 19.4 Å². The van der Waals surface area contributed by atoms with Crippen molar-refractivity contribution in [2.45, 2.75) is 44.9 Å². The van der Waals surface area contributed by atoms with Crippen LogP contribution in [0.4, 0.5) is 0 Å². The van der Waals surface area contributed by atoms with Crippen molar-refractivity contribution in [2.75, 3.05) is 6.54 Å². The van der Waals surface area contributed by atoms with Gasteiger partial charge in [-0.05, 0) is 24.7 Å². The molecule has 2 aliphatic rings. The summed E-state index contributed by atoms with van der Waals surface area (Å²) in [5.41, 5.74) is 0. The first-order valence-corrected chi connectivity index (χ1v) is 5.72. The lowest BCUT2D eigenvalue weighted by Gasteiger charge is -2.35. The zero-order chi connectivity index (χ0) is 11.0. The van der Waals surface area contributed by atoms with Gasteiger partial charge in [-0.25, -0.2) is 5.32 Å². The molecule has 0 aromatic heterocycles. The zero-order valence-corrected chi connectivity index (χ0v) is 9.27. The second-order valence-corrected chi connectivity index (χ2v) is 5.02. The van der Waals surface area contributed by atoms with Crippen LogP contribution in [0.1, 0.15) is 26.7 Å². The molecule has 0 aromatic carbocycles. The first-order valence-electron chi connectivity index (χ1n) is 5.72. The van der Waals surface area contributed by atoms with Crippen LogP contribution >= 0.6 is 0 Å². The van der Waals surface area contributed by atoms with Crippen LogP contribution in [-0.2, 0) is 0 Å². The number of hydrogen-bond donors (Lipinski definition) is 2. The third kappa shape index (κ3) is 2.29. The molecule has 0 bridgehead atoms. The number of nitrogens with one attached hydrogen (secondary N) is 2. The summed E-state index contributed by atoms with van der Waals surface area (Å²) in [6.07, 6.45) is 1.67. The molecule has 0 radical (unpaired) electrons. The first-order chi connectivity index (χ1) is 7.09. The topological polar surface area (TPSA) is 67.2 Å². The van der Waals surface area contributed by atoms with Crippen molar-refractivity contribution in [3.63, 3.8) is 0 Å². The molecule has 1 aliphatic carbocycles. The van der Waals surface area contributed by atoms with Gasteiger partial charge in [-0.2, -0.15) is 0 Å². The van der Waals surface area contributed by atoms with Crippen molar-refractivity contribution in [3.8, 4) is 0 Å². The molecule has 5 nitrogen and oxygen atoms in total. The van der Waals surface area contributed by atoms with E-state index in [2.05, 4.69) is 24.5 Å². The third-order valence-electron chi connectivity index (χ3n) is 3.46. The molecule has 2 fully saturated rings. The van der Waals surface area contributed by atoms with E-state index in [0.29, 0.717) is 11.8 Å². The van der Waals surface area contributed by atoms with Gasteiger partial charge in [-0.3, -0.25) is 10.1 Å². The van der Waals surface area contributed by atoms with E-state index < -0.39 is 6.17 Å². The molecule has 1 saturated heterocycles. The van der Waals surface area contributed by atoms with Crippen LogP contribution < -0.4 is 10.6 Å². The Balaban J connectivity index is 2.01. The highest BCUT2D eigenvalue weighted by Gasteiger charge is 2.46. The van der Waals surface area contributed by atoms with E-state index in [1.54, 1.807) is 0 Å². The Kier molecular flexibility index (Phi) is 2.93. The number of nitrogens with zero attached hydrogens (tertiary/aromatic N) is 1. The van der Waals surface area contributed by atoms with Crippen LogP contribution in [0.15, 0.2) is 0 Å². The van der Waals surface area contributed by atoms with E-state index >= 15 is 0 Å². The van der Waals surface area contributed by atoms with Gasteiger partial charge in [-0.1, -0.05) is 13.8 Å². The van der Waals surface area contributed by atoms with Gasteiger partial charge >= 0.3 is 0 Å². The molecular formula is C10H19N3O2. The minimum Gasteiger partial charge on any atom is -0.305 e. The molecule has 15 heavy (non-hydrogen) atoms. The maximum atomic E-state index is 11.0. The highest BCUT2D eigenvalue weighted by atomic mass is 16.6. The predicted molar refractivity (Wildman–Crippen MR) is 57.1 cm³/mol. The molecule has 2 rings (SSSR count). The van der Waals surface area contributed by atoms with E-state index in [1.165, 1.54) is 0 Å². The summed E-state index contributed by atoms with van der Waals surface area (Å²) in [6, 6.07) is 0.255. The highest BCUT2D eigenvalue weighted by Crippen LogP contribution is 2.35. The molecule has 5 heteroatoms. The van der Waals surface area contributed by atoms with Gasteiger partial charge in [0.1, 0.15) is 0 Å². The maximum absolute atomic E-state index is 11.0. The van der Waals surface area contributed by atoms with Crippen molar-refractivity contribution in [3.05, 3.63) is 10.1 Å². The van der Waals surface area contributed by atoms with Gasteiger partial charge in [0.2, 0.25) is 0 Å². The van der Waals surface area contributed by atoms with Crippen LogP contribution in [0, 0.1) is 22.0 Å². The van der Waals surface area contributed by atoms with Crippen molar-refractivity contribution >= 4 is 0 Å². The summed E-state index contributed by atoms with van der Waals surface area (Å²) in [5, 5.41) is 17.5. The Morgan fingerprint density at radius 1 is 1.40 bits per heavy atom. The Morgan fingerprint density at radius 2 is 2.07 bits per heavy atom. The summed E-state index contributed by atoms with van der Waals surface area (Å²) < 4.78 is 0. The lowest BCUT2D eigenvalue weighted by atomic mass is 9.97. The van der Waals surface area contributed by atoms with Crippen molar-refractivity contribution in [1.82, 2.24) is 10.6 Å². The molecule has 0 amide bonds. The summed E-state index contributed by atoms with van der Waals surface area (Å²) in [5.74, 6) is 0.945. The van der Waals surface area contributed by atoms with Gasteiger partial charge in [0.25, 0.3) is 6.17 Å². The third-order valence-corrected chi connectivity index (χ3v) is 3.46. The second-order valence-electron chi connectivity index (χ2n) is 5.02. The van der Waals surface area contributed by atoms with Crippen LogP contribution in [0.5, 0.6) is 0 Å². The smallest absolute Gasteiger partial charge is 0.281 e. The minimum absolute atomic E-state index is 0.0370. The molecule has 0 spiro atoms. The molecular weight excluding hydrogens is 194 g/mol. The normalized spacial score (nSPS) is 36.9. The number of rotatable bonds is 3. The lowest BCUT2D eigenvalue weighted by Crippen LogP contribution is -2.65. The molecule has 2 N–H and O–H groups in total. The van der Waals surface area contributed by atoms with Crippen molar-refractivity contribution in [1.29, 1.82) is 0 Å². The monoisotopic (exact) mass is 213 g/mol. The van der Waals surface area contributed by atoms with Crippen LogP contribution in [0.25, 0.3) is 0 Å². The Bertz CT molecular complexity index is 253. The minimum atomic E-state index is -0.598. The molecule has 1 heterocycles. The van der Waals surface area contributed by atoms with Gasteiger partial charge in [0, 0.05) is 17.5 Å². The molecule has 0 aromatic rings. The van der Waals surface area contributed by atoms with E-state index in [-0.39, 0.29) is 17.0 Å². The summed E-state index contributed by atoms with van der Waals surface area (Å²) in [7, 11) is 0. The summed E-state index contributed by atoms with van der Waals surface area (Å²) >= 11 is 0. The fourth-order valence-electron chi connectivity index (χ4n) is 2.26. The zero-order valence-electron chi connectivity index (χ0n) is 9.27. The van der Waals surface area contributed by atoms with Crippen LogP contribution in [0.3, 0.4) is 0 Å². The predicted octanol–water partition coefficient (Wildman–Crippen LogP) is 0.585. The number of hydrogen-bond acceptors (Lipinski definition) is 4. The van der Waals surface area contributed by atoms with E-state index in [4.69, 9.17) is 0 Å². The largest absolute Gasteiger partial charge is 0.305 e. The van der Waals surface area contributed by atoms with Crippen molar-refractivity contribution in [2.24, 2.45) is 11.8 Å². The van der Waals surface area contributed by atoms with Gasteiger partial charge in [0.05, 0.1) is 6.04 Å². The summed E-state index contributed by atoms with van der Waals surface area (Å²) in [6.45, 7) is 5.03. The Morgan fingerprint density at radius 3 is 2.53 bits per heavy atom. The van der Waals surface area contributed by atoms with Gasteiger partial charge in [0.15, 0.2) is 0 Å². The average molecular weight is 213 g/mol. The van der Waals surface area contributed by atoms with Crippen LogP contribution in [0.2, 0.25) is 0 Å². The van der Waals surface area contributed by atoms with Crippen LogP contribution in [-0.4, -0.2) is 29.7 Å². The number of piperazine rings is 1.